The maximum absolute atomic E-state index is 5.66. The van der Waals surface area contributed by atoms with Crippen LogP contribution in [-0.2, 0) is 6.54 Å². The van der Waals surface area contributed by atoms with E-state index in [1.807, 2.05) is 12.3 Å². The maximum Gasteiger partial charge on any atom is 0.129 e. The fourth-order valence-electron chi connectivity index (χ4n) is 1.89. The van der Waals surface area contributed by atoms with E-state index in [1.54, 1.807) is 0 Å². The Kier molecular flexibility index (Phi) is 3.44. The van der Waals surface area contributed by atoms with E-state index in [-0.39, 0.29) is 0 Å². The van der Waals surface area contributed by atoms with Crippen molar-refractivity contribution in [1.29, 1.82) is 0 Å². The van der Waals surface area contributed by atoms with E-state index in [9.17, 15) is 0 Å². The minimum atomic E-state index is 0.501. The average molecular weight is 219 g/mol. The van der Waals surface area contributed by atoms with E-state index in [4.69, 9.17) is 5.73 Å². The molecule has 0 aromatic carbocycles. The molecule has 1 fully saturated rings. The molecule has 0 amide bonds. The van der Waals surface area contributed by atoms with Gasteiger partial charge in [-0.1, -0.05) is 0 Å². The fraction of sp³-hybridized carbons (Fsp3) is 0.615. The third kappa shape index (κ3) is 2.73. The Morgan fingerprint density at radius 2 is 2.25 bits per heavy atom. The van der Waals surface area contributed by atoms with E-state index in [2.05, 4.69) is 29.8 Å². The molecule has 88 valence electrons. The first-order valence-corrected chi connectivity index (χ1v) is 6.12. The minimum Gasteiger partial charge on any atom is -0.354 e. The van der Waals surface area contributed by atoms with Gasteiger partial charge in [0.25, 0.3) is 0 Å². The van der Waals surface area contributed by atoms with Crippen molar-refractivity contribution in [2.24, 2.45) is 11.7 Å². The Morgan fingerprint density at radius 3 is 2.81 bits per heavy atom. The standard InChI is InChI=1S/C13H21N3/c1-10(2)16(9-11-3-4-11)13-7-12(8-14)5-6-15-13/h5-7,10-11H,3-4,8-9,14H2,1-2H3. The molecular formula is C13H21N3. The summed E-state index contributed by atoms with van der Waals surface area (Å²) in [5, 5.41) is 0. The van der Waals surface area contributed by atoms with Crippen LogP contribution in [0.15, 0.2) is 18.3 Å². The van der Waals surface area contributed by atoms with E-state index in [1.165, 1.54) is 12.8 Å². The van der Waals surface area contributed by atoms with Crippen LogP contribution in [0.5, 0.6) is 0 Å². The summed E-state index contributed by atoms with van der Waals surface area (Å²) in [5.74, 6) is 1.95. The number of hydrogen-bond acceptors (Lipinski definition) is 3. The van der Waals surface area contributed by atoms with Gasteiger partial charge in [-0.15, -0.1) is 0 Å². The summed E-state index contributed by atoms with van der Waals surface area (Å²) >= 11 is 0. The summed E-state index contributed by atoms with van der Waals surface area (Å²) in [7, 11) is 0. The smallest absolute Gasteiger partial charge is 0.129 e. The van der Waals surface area contributed by atoms with Crippen LogP contribution in [0.25, 0.3) is 0 Å². The topological polar surface area (TPSA) is 42.1 Å². The Labute approximate surface area is 97.7 Å². The summed E-state index contributed by atoms with van der Waals surface area (Å²) < 4.78 is 0. The molecule has 0 atom stereocenters. The first-order chi connectivity index (χ1) is 7.70. The molecule has 2 rings (SSSR count). The molecule has 0 aliphatic heterocycles. The van der Waals surface area contributed by atoms with Crippen molar-refractivity contribution >= 4 is 5.82 Å². The van der Waals surface area contributed by atoms with Crippen LogP contribution in [0.1, 0.15) is 32.3 Å². The van der Waals surface area contributed by atoms with Gasteiger partial charge in [-0.25, -0.2) is 4.98 Å². The van der Waals surface area contributed by atoms with Crippen molar-refractivity contribution in [3.63, 3.8) is 0 Å². The Morgan fingerprint density at radius 1 is 1.50 bits per heavy atom. The second kappa shape index (κ2) is 4.83. The van der Waals surface area contributed by atoms with E-state index in [0.717, 1.165) is 23.8 Å². The van der Waals surface area contributed by atoms with Crippen molar-refractivity contribution in [3.8, 4) is 0 Å². The summed E-state index contributed by atoms with van der Waals surface area (Å²) in [4.78, 5) is 6.85. The molecule has 0 unspecified atom stereocenters. The Balaban J connectivity index is 2.15. The third-order valence-corrected chi connectivity index (χ3v) is 3.12. The highest BCUT2D eigenvalue weighted by Crippen LogP contribution is 2.31. The van der Waals surface area contributed by atoms with Crippen molar-refractivity contribution in [2.75, 3.05) is 11.4 Å². The second-order valence-corrected chi connectivity index (χ2v) is 4.92. The lowest BCUT2D eigenvalue weighted by atomic mass is 10.2. The zero-order valence-electron chi connectivity index (χ0n) is 10.2. The van der Waals surface area contributed by atoms with Gasteiger partial charge in [-0.3, -0.25) is 0 Å². The van der Waals surface area contributed by atoms with Gasteiger partial charge >= 0.3 is 0 Å². The predicted molar refractivity (Wildman–Crippen MR) is 67.3 cm³/mol. The van der Waals surface area contributed by atoms with Gasteiger partial charge in [0.05, 0.1) is 0 Å². The van der Waals surface area contributed by atoms with Gasteiger partial charge in [0.15, 0.2) is 0 Å². The van der Waals surface area contributed by atoms with Crippen molar-refractivity contribution < 1.29 is 0 Å². The van der Waals surface area contributed by atoms with Gasteiger partial charge in [0.2, 0.25) is 0 Å². The van der Waals surface area contributed by atoms with Gasteiger partial charge in [0.1, 0.15) is 5.82 Å². The normalized spacial score (nSPS) is 15.5. The molecule has 1 aromatic rings. The summed E-state index contributed by atoms with van der Waals surface area (Å²) in [6, 6.07) is 4.60. The fourth-order valence-corrected chi connectivity index (χ4v) is 1.89. The predicted octanol–water partition coefficient (Wildman–Crippen LogP) is 2.17. The summed E-state index contributed by atoms with van der Waals surface area (Å²) in [6.07, 6.45) is 4.61. The van der Waals surface area contributed by atoms with Gasteiger partial charge in [0, 0.05) is 25.3 Å². The van der Waals surface area contributed by atoms with Crippen LogP contribution >= 0.6 is 0 Å². The molecule has 1 aliphatic carbocycles. The molecule has 1 saturated carbocycles. The monoisotopic (exact) mass is 219 g/mol. The summed E-state index contributed by atoms with van der Waals surface area (Å²) in [6.45, 7) is 6.17. The number of aromatic nitrogens is 1. The molecule has 1 aliphatic rings. The first-order valence-electron chi connectivity index (χ1n) is 6.12. The Hall–Kier alpha value is -1.09. The molecule has 1 aromatic heterocycles. The molecule has 3 heteroatoms. The molecule has 2 N–H and O–H groups in total. The number of anilines is 1. The minimum absolute atomic E-state index is 0.501. The maximum atomic E-state index is 5.66. The van der Waals surface area contributed by atoms with Gasteiger partial charge in [-0.2, -0.15) is 0 Å². The van der Waals surface area contributed by atoms with Crippen molar-refractivity contribution in [1.82, 2.24) is 4.98 Å². The van der Waals surface area contributed by atoms with E-state index >= 15 is 0 Å². The van der Waals surface area contributed by atoms with Crippen LogP contribution in [0, 0.1) is 5.92 Å². The largest absolute Gasteiger partial charge is 0.354 e. The molecule has 0 bridgehead atoms. The van der Waals surface area contributed by atoms with Crippen LogP contribution in [0.2, 0.25) is 0 Å². The van der Waals surface area contributed by atoms with Crippen LogP contribution < -0.4 is 10.6 Å². The lowest BCUT2D eigenvalue weighted by molar-refractivity contribution is 0.636. The average Bonchev–Trinajstić information content (AvgIpc) is 3.09. The second-order valence-electron chi connectivity index (χ2n) is 4.92. The molecule has 0 radical (unpaired) electrons. The number of nitrogens with two attached hydrogens (primary N) is 1. The zero-order chi connectivity index (χ0) is 11.5. The van der Waals surface area contributed by atoms with Crippen molar-refractivity contribution in [3.05, 3.63) is 23.9 Å². The summed E-state index contributed by atoms with van der Waals surface area (Å²) in [5.41, 5.74) is 6.82. The highest BCUT2D eigenvalue weighted by Gasteiger charge is 2.26. The van der Waals surface area contributed by atoms with Crippen molar-refractivity contribution in [2.45, 2.75) is 39.3 Å². The lowest BCUT2D eigenvalue weighted by Crippen LogP contribution is -2.33. The van der Waals surface area contributed by atoms with Gasteiger partial charge < -0.3 is 10.6 Å². The Bertz CT molecular complexity index is 345. The third-order valence-electron chi connectivity index (χ3n) is 3.12. The highest BCUT2D eigenvalue weighted by atomic mass is 15.2. The molecule has 0 spiro atoms. The van der Waals surface area contributed by atoms with E-state index < -0.39 is 0 Å². The number of rotatable bonds is 5. The quantitative estimate of drug-likeness (QED) is 0.825. The molecule has 0 saturated heterocycles. The molecule has 16 heavy (non-hydrogen) atoms. The number of pyridine rings is 1. The number of nitrogens with zero attached hydrogens (tertiary/aromatic N) is 2. The lowest BCUT2D eigenvalue weighted by Gasteiger charge is -2.28. The molecule has 3 nitrogen and oxygen atoms in total. The van der Waals surface area contributed by atoms with E-state index in [0.29, 0.717) is 12.6 Å². The first kappa shape index (κ1) is 11.4. The molecular weight excluding hydrogens is 198 g/mol. The molecule has 1 heterocycles. The SMILES string of the molecule is CC(C)N(CC1CC1)c1cc(CN)ccn1. The zero-order valence-corrected chi connectivity index (χ0v) is 10.2. The van der Waals surface area contributed by atoms with Crippen LogP contribution in [0.4, 0.5) is 5.82 Å². The van der Waals surface area contributed by atoms with Crippen LogP contribution in [-0.4, -0.2) is 17.6 Å². The number of hydrogen-bond donors (Lipinski definition) is 1. The van der Waals surface area contributed by atoms with Gasteiger partial charge in [-0.05, 0) is 50.3 Å². The van der Waals surface area contributed by atoms with Crippen LogP contribution in [0.3, 0.4) is 0 Å². The highest BCUT2D eigenvalue weighted by molar-refractivity contribution is 5.42.